The highest BCUT2D eigenvalue weighted by molar-refractivity contribution is 6.30. The van der Waals surface area contributed by atoms with Crippen molar-refractivity contribution >= 4 is 34.0 Å². The first kappa shape index (κ1) is 16.0. The molecule has 3 aromatic rings. The van der Waals surface area contributed by atoms with Crippen molar-refractivity contribution in [1.29, 1.82) is 0 Å². The molecule has 25 heavy (non-hydrogen) atoms. The summed E-state index contributed by atoms with van der Waals surface area (Å²) in [6, 6.07) is 17.9. The van der Waals surface area contributed by atoms with Crippen LogP contribution in [0.1, 0.15) is 30.4 Å². The number of fused-ring (bicyclic) bond motifs is 3. The molecule has 1 N–H and O–H groups in total. The molecule has 1 amide bonds. The standard InChI is InChI=1S/C21H18ClNO2/c1-2-25-19-10-8-14(22)11-18(19)17-12-20(24)23-21-15-6-4-3-5-13(15)7-9-16(17)21/h3-11,17H,2,12H2,1H3,(H,23,24)/t17-/m0/s1. The number of hydrogen-bond donors (Lipinski definition) is 1. The maximum atomic E-state index is 12.4. The number of hydrogen-bond acceptors (Lipinski definition) is 2. The van der Waals surface area contributed by atoms with Gasteiger partial charge in [-0.25, -0.2) is 0 Å². The Morgan fingerprint density at radius 2 is 1.96 bits per heavy atom. The predicted molar refractivity (Wildman–Crippen MR) is 102 cm³/mol. The summed E-state index contributed by atoms with van der Waals surface area (Å²) in [6.07, 6.45) is 0.381. The summed E-state index contributed by atoms with van der Waals surface area (Å²) >= 11 is 6.24. The molecule has 0 spiro atoms. The van der Waals surface area contributed by atoms with Crippen LogP contribution in [-0.2, 0) is 4.79 Å². The maximum Gasteiger partial charge on any atom is 0.225 e. The molecule has 1 atom stereocenters. The van der Waals surface area contributed by atoms with Crippen molar-refractivity contribution in [2.45, 2.75) is 19.3 Å². The summed E-state index contributed by atoms with van der Waals surface area (Å²) in [7, 11) is 0. The molecule has 0 unspecified atom stereocenters. The van der Waals surface area contributed by atoms with Gasteiger partial charge >= 0.3 is 0 Å². The minimum Gasteiger partial charge on any atom is -0.494 e. The van der Waals surface area contributed by atoms with Gasteiger partial charge < -0.3 is 10.1 Å². The lowest BCUT2D eigenvalue weighted by Gasteiger charge is -2.28. The zero-order valence-corrected chi connectivity index (χ0v) is 14.6. The van der Waals surface area contributed by atoms with Gasteiger partial charge in [0.2, 0.25) is 5.91 Å². The molecule has 0 aromatic heterocycles. The number of benzene rings is 3. The van der Waals surface area contributed by atoms with Crippen LogP contribution in [0.3, 0.4) is 0 Å². The molecule has 1 heterocycles. The first-order valence-electron chi connectivity index (χ1n) is 8.41. The number of halogens is 1. The zero-order valence-electron chi connectivity index (χ0n) is 13.9. The van der Waals surface area contributed by atoms with Gasteiger partial charge in [-0.2, -0.15) is 0 Å². The van der Waals surface area contributed by atoms with E-state index in [0.717, 1.165) is 33.3 Å². The number of ether oxygens (including phenoxy) is 1. The second-order valence-corrected chi connectivity index (χ2v) is 6.61. The van der Waals surface area contributed by atoms with Crippen LogP contribution in [0.2, 0.25) is 5.02 Å². The predicted octanol–water partition coefficient (Wildman–Crippen LogP) is 5.37. The Morgan fingerprint density at radius 3 is 2.80 bits per heavy atom. The van der Waals surface area contributed by atoms with Gasteiger partial charge in [0.1, 0.15) is 5.75 Å². The van der Waals surface area contributed by atoms with Crippen molar-refractivity contribution in [2.75, 3.05) is 11.9 Å². The van der Waals surface area contributed by atoms with E-state index >= 15 is 0 Å². The minimum absolute atomic E-state index is 0.0104. The van der Waals surface area contributed by atoms with Gasteiger partial charge in [0, 0.05) is 28.3 Å². The number of rotatable bonds is 3. The number of carbonyl (C=O) groups excluding carboxylic acids is 1. The van der Waals surface area contributed by atoms with Gasteiger partial charge in [-0.15, -0.1) is 0 Å². The summed E-state index contributed by atoms with van der Waals surface area (Å²) in [5, 5.41) is 5.86. The maximum absolute atomic E-state index is 12.4. The number of carbonyl (C=O) groups is 1. The molecule has 3 nitrogen and oxygen atoms in total. The van der Waals surface area contributed by atoms with Crippen LogP contribution >= 0.6 is 11.6 Å². The molecule has 1 aliphatic heterocycles. The second kappa shape index (κ2) is 6.41. The smallest absolute Gasteiger partial charge is 0.225 e. The molecule has 0 aliphatic carbocycles. The lowest BCUT2D eigenvalue weighted by Crippen LogP contribution is -2.24. The van der Waals surface area contributed by atoms with Gasteiger partial charge in [0.25, 0.3) is 0 Å². The number of nitrogens with one attached hydrogen (secondary N) is 1. The van der Waals surface area contributed by atoms with Crippen molar-refractivity contribution in [2.24, 2.45) is 0 Å². The van der Waals surface area contributed by atoms with Gasteiger partial charge in [-0.1, -0.05) is 48.0 Å². The van der Waals surface area contributed by atoms with E-state index in [1.54, 1.807) is 0 Å². The summed E-state index contributed by atoms with van der Waals surface area (Å²) in [6.45, 7) is 2.52. The fourth-order valence-corrected chi connectivity index (χ4v) is 3.74. The third kappa shape index (κ3) is 2.85. The molecule has 0 saturated heterocycles. The highest BCUT2D eigenvalue weighted by Gasteiger charge is 2.29. The molecule has 0 fully saturated rings. The topological polar surface area (TPSA) is 38.3 Å². The van der Waals surface area contributed by atoms with E-state index in [-0.39, 0.29) is 11.8 Å². The Morgan fingerprint density at radius 1 is 1.12 bits per heavy atom. The van der Waals surface area contributed by atoms with E-state index in [2.05, 4.69) is 23.5 Å². The van der Waals surface area contributed by atoms with Crippen LogP contribution in [0.25, 0.3) is 10.8 Å². The highest BCUT2D eigenvalue weighted by Crippen LogP contribution is 2.44. The molecule has 0 saturated carbocycles. The third-order valence-corrected chi connectivity index (χ3v) is 4.87. The average molecular weight is 352 g/mol. The number of anilines is 1. The highest BCUT2D eigenvalue weighted by atomic mass is 35.5. The SMILES string of the molecule is CCOc1ccc(Cl)cc1[C@H]1CC(=O)Nc2c1ccc1ccccc21. The van der Waals surface area contributed by atoms with E-state index in [1.807, 2.05) is 43.3 Å². The van der Waals surface area contributed by atoms with Crippen molar-refractivity contribution in [3.05, 3.63) is 70.7 Å². The second-order valence-electron chi connectivity index (χ2n) is 6.17. The summed E-state index contributed by atoms with van der Waals surface area (Å²) in [4.78, 5) is 12.4. The molecule has 126 valence electrons. The van der Waals surface area contributed by atoms with Crippen LogP contribution in [0.5, 0.6) is 5.75 Å². The van der Waals surface area contributed by atoms with Crippen LogP contribution in [-0.4, -0.2) is 12.5 Å². The Bertz CT molecular complexity index is 967. The molecular formula is C21H18ClNO2. The summed E-state index contributed by atoms with van der Waals surface area (Å²) in [5.41, 5.74) is 2.95. The van der Waals surface area contributed by atoms with Gasteiger partial charge in [-0.05, 0) is 36.1 Å². The van der Waals surface area contributed by atoms with Crippen LogP contribution in [0.4, 0.5) is 5.69 Å². The fourth-order valence-electron chi connectivity index (χ4n) is 3.56. The molecule has 1 aliphatic rings. The average Bonchev–Trinajstić information content (AvgIpc) is 2.62. The zero-order chi connectivity index (χ0) is 17.4. The molecule has 0 radical (unpaired) electrons. The van der Waals surface area contributed by atoms with E-state index < -0.39 is 0 Å². The minimum atomic E-state index is -0.0754. The fraction of sp³-hybridized carbons (Fsp3) is 0.190. The first-order chi connectivity index (χ1) is 12.2. The summed E-state index contributed by atoms with van der Waals surface area (Å²) in [5.74, 6) is 0.718. The van der Waals surface area contributed by atoms with Crippen molar-refractivity contribution < 1.29 is 9.53 Å². The third-order valence-electron chi connectivity index (χ3n) is 4.64. The van der Waals surface area contributed by atoms with Gasteiger partial charge in [-0.3, -0.25) is 4.79 Å². The number of amides is 1. The van der Waals surface area contributed by atoms with Crippen molar-refractivity contribution in [3.8, 4) is 5.75 Å². The van der Waals surface area contributed by atoms with E-state index in [4.69, 9.17) is 16.3 Å². The lowest BCUT2D eigenvalue weighted by molar-refractivity contribution is -0.116. The van der Waals surface area contributed by atoms with Gasteiger partial charge in [0.05, 0.1) is 12.3 Å². The van der Waals surface area contributed by atoms with Gasteiger partial charge in [0.15, 0.2) is 0 Å². The molecule has 0 bridgehead atoms. The quantitative estimate of drug-likeness (QED) is 0.689. The Balaban J connectivity index is 1.93. The molecule has 3 aromatic carbocycles. The Labute approximate surface area is 151 Å². The van der Waals surface area contributed by atoms with Crippen LogP contribution in [0.15, 0.2) is 54.6 Å². The van der Waals surface area contributed by atoms with Crippen LogP contribution < -0.4 is 10.1 Å². The molecular weight excluding hydrogens is 334 g/mol. The monoisotopic (exact) mass is 351 g/mol. The first-order valence-corrected chi connectivity index (χ1v) is 8.79. The van der Waals surface area contributed by atoms with E-state index in [0.29, 0.717) is 18.1 Å². The van der Waals surface area contributed by atoms with Crippen LogP contribution in [0, 0.1) is 0 Å². The molecule has 4 rings (SSSR count). The largest absolute Gasteiger partial charge is 0.494 e. The Kier molecular flexibility index (Phi) is 4.10. The van der Waals surface area contributed by atoms with E-state index in [9.17, 15) is 4.79 Å². The normalized spacial score (nSPS) is 16.4. The van der Waals surface area contributed by atoms with Crippen molar-refractivity contribution in [3.63, 3.8) is 0 Å². The molecule has 4 heteroatoms. The van der Waals surface area contributed by atoms with E-state index in [1.165, 1.54) is 0 Å². The Hall–Kier alpha value is -2.52. The lowest BCUT2D eigenvalue weighted by atomic mass is 9.83. The van der Waals surface area contributed by atoms with Crippen molar-refractivity contribution in [1.82, 2.24) is 0 Å². The summed E-state index contributed by atoms with van der Waals surface area (Å²) < 4.78 is 5.79.